The van der Waals surface area contributed by atoms with Gasteiger partial charge in [0.05, 0.1) is 26.2 Å². The van der Waals surface area contributed by atoms with Crippen molar-refractivity contribution in [3.8, 4) is 0 Å². The number of carbonyl (C=O) groups excluding carboxylic acids is 1. The van der Waals surface area contributed by atoms with E-state index in [2.05, 4.69) is 10.3 Å². The van der Waals surface area contributed by atoms with Crippen LogP contribution in [0.1, 0.15) is 0 Å². The topological polar surface area (TPSA) is 160 Å². The molecule has 0 saturated heterocycles. The first kappa shape index (κ1) is 29.2. The minimum Gasteiger partial charge on any atom is -0.480 e. The van der Waals surface area contributed by atoms with Crippen molar-refractivity contribution in [3.05, 3.63) is 24.4 Å². The number of aliphatic carboxylic acids is 3. The predicted octanol–water partition coefficient (Wildman–Crippen LogP) is -0.207. The van der Waals surface area contributed by atoms with Gasteiger partial charge >= 0.3 is 35.0 Å². The average molecular weight is 516 g/mol. The molecule has 14 heteroatoms. The van der Waals surface area contributed by atoms with Crippen molar-refractivity contribution in [2.24, 2.45) is 0 Å². The summed E-state index contributed by atoms with van der Waals surface area (Å²) in [7, 11) is 3.00. The first-order valence-corrected chi connectivity index (χ1v) is 11.2. The van der Waals surface area contributed by atoms with Crippen LogP contribution in [-0.4, -0.2) is 105 Å². The molecule has 0 radical (unpaired) electrons. The molecule has 31 heavy (non-hydrogen) atoms. The van der Waals surface area contributed by atoms with E-state index in [1.54, 1.807) is 6.20 Å². The second kappa shape index (κ2) is 16.8. The minimum absolute atomic E-state index is 0. The molecule has 0 spiro atoms. The molecule has 4 N–H and O–H groups in total. The number of carboxylic acids is 3. The van der Waals surface area contributed by atoms with Crippen molar-refractivity contribution in [3.63, 3.8) is 0 Å². The zero-order valence-corrected chi connectivity index (χ0v) is 19.2. The number of carboxylic acid groups (broad SMARTS) is 3. The number of nitrogens with one attached hydrogen (secondary N) is 1. The van der Waals surface area contributed by atoms with Crippen molar-refractivity contribution < 1.29 is 51.6 Å². The summed E-state index contributed by atoms with van der Waals surface area (Å²) in [4.78, 5) is 51.5. The van der Waals surface area contributed by atoms with Gasteiger partial charge < -0.3 is 20.6 Å². The third-order valence-corrected chi connectivity index (χ3v) is 5.73. The van der Waals surface area contributed by atoms with Gasteiger partial charge in [-0.2, -0.15) is 0 Å². The summed E-state index contributed by atoms with van der Waals surface area (Å²) in [5.74, 6) is -3.28. The molecule has 1 rings (SSSR count). The van der Waals surface area contributed by atoms with Gasteiger partial charge in [-0.3, -0.25) is 29.0 Å². The fraction of sp³-hybridized carbons (Fsp3) is 0.471. The SMILES string of the molecule is O=C(O)CN(CCN(CC(=O)O)CC(=O)NCCSSc1ccccn1)CC(=O)O.[Fe+2]. The van der Waals surface area contributed by atoms with E-state index in [1.807, 2.05) is 18.2 Å². The van der Waals surface area contributed by atoms with Crippen LogP contribution in [0, 0.1) is 0 Å². The van der Waals surface area contributed by atoms with E-state index in [9.17, 15) is 19.2 Å². The Labute approximate surface area is 197 Å². The van der Waals surface area contributed by atoms with Crippen LogP contribution < -0.4 is 5.32 Å². The Balaban J connectivity index is 0.00000900. The molecule has 0 saturated carbocycles. The zero-order chi connectivity index (χ0) is 22.4. The molecular weight excluding hydrogens is 492 g/mol. The summed E-state index contributed by atoms with van der Waals surface area (Å²) in [5.41, 5.74) is 0. The van der Waals surface area contributed by atoms with Crippen LogP contribution in [0.15, 0.2) is 29.4 Å². The van der Waals surface area contributed by atoms with E-state index in [0.717, 1.165) is 9.93 Å². The van der Waals surface area contributed by atoms with Crippen LogP contribution in [0.5, 0.6) is 0 Å². The molecule has 0 unspecified atom stereocenters. The number of pyridine rings is 1. The van der Waals surface area contributed by atoms with Crippen molar-refractivity contribution in [2.45, 2.75) is 5.03 Å². The number of hydrogen-bond acceptors (Lipinski definition) is 9. The smallest absolute Gasteiger partial charge is 0.480 e. The summed E-state index contributed by atoms with van der Waals surface area (Å²) >= 11 is 0. The average Bonchev–Trinajstić information content (AvgIpc) is 2.65. The fourth-order valence-electron chi connectivity index (χ4n) is 2.27. The van der Waals surface area contributed by atoms with Gasteiger partial charge in [-0.15, -0.1) is 0 Å². The third-order valence-electron chi connectivity index (χ3n) is 3.47. The number of rotatable bonds is 16. The van der Waals surface area contributed by atoms with E-state index in [4.69, 9.17) is 15.3 Å². The maximum absolute atomic E-state index is 12.1. The van der Waals surface area contributed by atoms with Gasteiger partial charge in [-0.05, 0) is 22.9 Å². The second-order valence-corrected chi connectivity index (χ2v) is 8.46. The summed E-state index contributed by atoms with van der Waals surface area (Å²) in [6, 6.07) is 5.57. The number of nitrogens with zero attached hydrogens (tertiary/aromatic N) is 3. The van der Waals surface area contributed by atoms with Gasteiger partial charge in [0, 0.05) is 31.6 Å². The largest absolute Gasteiger partial charge is 2.00 e. The van der Waals surface area contributed by atoms with Crippen molar-refractivity contribution >= 4 is 45.4 Å². The first-order chi connectivity index (χ1) is 14.3. The van der Waals surface area contributed by atoms with Crippen molar-refractivity contribution in [1.82, 2.24) is 20.1 Å². The summed E-state index contributed by atoms with van der Waals surface area (Å²) in [6.07, 6.45) is 1.69. The first-order valence-electron chi connectivity index (χ1n) is 8.83. The number of hydrogen-bond donors (Lipinski definition) is 4. The Hall–Kier alpha value is -1.83. The van der Waals surface area contributed by atoms with Gasteiger partial charge in [0.15, 0.2) is 0 Å². The quantitative estimate of drug-likeness (QED) is 0.130. The van der Waals surface area contributed by atoms with Crippen LogP contribution in [-0.2, 0) is 36.2 Å². The third kappa shape index (κ3) is 15.6. The molecule has 1 aromatic rings. The summed E-state index contributed by atoms with van der Waals surface area (Å²) in [6.45, 7) is -1.20. The Bertz CT molecular complexity index is 699. The van der Waals surface area contributed by atoms with Gasteiger partial charge in [-0.1, -0.05) is 16.9 Å². The molecule has 0 aliphatic rings. The Kier molecular flexibility index (Phi) is 15.8. The fourth-order valence-corrected chi connectivity index (χ4v) is 4.06. The normalized spacial score (nSPS) is 10.5. The monoisotopic (exact) mass is 516 g/mol. The van der Waals surface area contributed by atoms with Gasteiger partial charge in [0.2, 0.25) is 5.91 Å². The number of aromatic nitrogens is 1. The van der Waals surface area contributed by atoms with Gasteiger partial charge in [-0.25, -0.2) is 4.98 Å². The molecule has 1 amide bonds. The van der Waals surface area contributed by atoms with E-state index in [-0.39, 0.29) is 42.6 Å². The van der Waals surface area contributed by atoms with E-state index in [0.29, 0.717) is 12.3 Å². The van der Waals surface area contributed by atoms with Crippen LogP contribution in [0.3, 0.4) is 0 Å². The number of amides is 1. The van der Waals surface area contributed by atoms with Crippen LogP contribution >= 0.6 is 21.6 Å². The zero-order valence-electron chi connectivity index (χ0n) is 16.5. The van der Waals surface area contributed by atoms with E-state index >= 15 is 0 Å². The maximum atomic E-state index is 12.1. The summed E-state index contributed by atoms with van der Waals surface area (Å²) in [5, 5.41) is 30.3. The molecule has 0 atom stereocenters. The molecule has 172 valence electrons. The molecule has 1 heterocycles. The molecular formula is C17H24FeN4O7S2+2. The Morgan fingerprint density at radius 2 is 1.45 bits per heavy atom. The second-order valence-electron chi connectivity index (χ2n) is 6.03. The summed E-state index contributed by atoms with van der Waals surface area (Å²) < 4.78 is 0. The Morgan fingerprint density at radius 1 is 0.903 bits per heavy atom. The molecule has 0 aromatic carbocycles. The predicted molar refractivity (Wildman–Crippen MR) is 111 cm³/mol. The minimum atomic E-state index is -1.19. The van der Waals surface area contributed by atoms with Gasteiger partial charge in [0.1, 0.15) is 5.03 Å². The van der Waals surface area contributed by atoms with Crippen molar-refractivity contribution in [1.29, 1.82) is 0 Å². The molecule has 0 fully saturated rings. The molecule has 1 aromatic heterocycles. The van der Waals surface area contributed by atoms with Crippen LogP contribution in [0.25, 0.3) is 0 Å². The number of carbonyl (C=O) groups is 4. The van der Waals surface area contributed by atoms with E-state index < -0.39 is 37.5 Å². The molecule has 0 aliphatic carbocycles. The molecule has 0 aliphatic heterocycles. The van der Waals surface area contributed by atoms with Crippen molar-refractivity contribution in [2.75, 3.05) is 51.6 Å². The maximum Gasteiger partial charge on any atom is 2.00 e. The van der Waals surface area contributed by atoms with Crippen LogP contribution in [0.4, 0.5) is 0 Å². The molecule has 11 nitrogen and oxygen atoms in total. The van der Waals surface area contributed by atoms with Crippen LogP contribution in [0.2, 0.25) is 0 Å². The Morgan fingerprint density at radius 3 is 1.94 bits per heavy atom. The molecule has 0 bridgehead atoms. The van der Waals surface area contributed by atoms with Gasteiger partial charge in [0.25, 0.3) is 0 Å². The standard InChI is InChI=1S/C17H24N4O7S2.Fe/c22-13(18-5-8-29-30-14-3-1-2-4-19-14)9-20(10-15(23)24)6-7-21(11-16(25)26)12-17(27)28;/h1-4H,5-12H2,(H,18,22)(H,23,24)(H,25,26)(H,27,28);/q;+2. The van der Waals surface area contributed by atoms with E-state index in [1.165, 1.54) is 26.5 Å².